The molecule has 0 saturated carbocycles. The van der Waals surface area contributed by atoms with Gasteiger partial charge >= 0.3 is 0 Å². The molecule has 1 aromatic carbocycles. The minimum absolute atomic E-state index is 0.0188. The van der Waals surface area contributed by atoms with Crippen LogP contribution in [0.1, 0.15) is 63.4 Å². The lowest BCUT2D eigenvalue weighted by Gasteiger charge is -2.08. The number of hydrogen-bond acceptors (Lipinski definition) is 2. The number of carbonyl (C=O) groups is 1. The van der Waals surface area contributed by atoms with E-state index in [-0.39, 0.29) is 5.78 Å². The van der Waals surface area contributed by atoms with E-state index >= 15 is 0 Å². The summed E-state index contributed by atoms with van der Waals surface area (Å²) in [5, 5.41) is 9.81. The molecule has 0 amide bonds. The van der Waals surface area contributed by atoms with Crippen LogP contribution in [0.4, 0.5) is 0 Å². The molecule has 1 unspecified atom stereocenters. The number of halogens is 1. The molecule has 0 aromatic heterocycles. The third-order valence-electron chi connectivity index (χ3n) is 3.43. The van der Waals surface area contributed by atoms with Gasteiger partial charge in [-0.1, -0.05) is 62.8 Å². The van der Waals surface area contributed by atoms with E-state index in [9.17, 15) is 10.1 Å². The minimum Gasteiger partial charge on any atom is -0.298 e. The SMILES string of the molecule is CCCCCCCCC(=O)C(C#N)c1ccc(Cl)cc1. The van der Waals surface area contributed by atoms with Crippen molar-refractivity contribution >= 4 is 17.4 Å². The second-order valence-corrected chi connectivity index (χ2v) is 5.53. The summed E-state index contributed by atoms with van der Waals surface area (Å²) in [5.74, 6) is -0.631. The Hall–Kier alpha value is -1.33. The number of nitrogens with zero attached hydrogens (tertiary/aromatic N) is 1. The first-order valence-electron chi connectivity index (χ1n) is 7.36. The average molecular weight is 292 g/mol. The molecule has 20 heavy (non-hydrogen) atoms. The third-order valence-corrected chi connectivity index (χ3v) is 3.68. The van der Waals surface area contributed by atoms with Crippen molar-refractivity contribution in [1.29, 1.82) is 5.26 Å². The third kappa shape index (κ3) is 5.75. The molecule has 3 heteroatoms. The first-order valence-corrected chi connectivity index (χ1v) is 7.74. The van der Waals surface area contributed by atoms with Gasteiger partial charge in [0.15, 0.2) is 5.78 Å². The van der Waals surface area contributed by atoms with E-state index < -0.39 is 5.92 Å². The van der Waals surface area contributed by atoms with Crippen LogP contribution in [0.25, 0.3) is 0 Å². The Morgan fingerprint density at radius 1 is 1.15 bits per heavy atom. The standard InChI is InChI=1S/C17H22ClNO/c1-2-3-4-5-6-7-8-17(20)16(13-19)14-9-11-15(18)12-10-14/h9-12,16H,2-8H2,1H3. The fourth-order valence-corrected chi connectivity index (χ4v) is 2.34. The van der Waals surface area contributed by atoms with Gasteiger partial charge in [0.2, 0.25) is 0 Å². The summed E-state index contributed by atoms with van der Waals surface area (Å²) in [7, 11) is 0. The van der Waals surface area contributed by atoms with Crippen molar-refractivity contribution in [1.82, 2.24) is 0 Å². The number of hydrogen-bond donors (Lipinski definition) is 0. The van der Waals surface area contributed by atoms with Gasteiger partial charge in [0.25, 0.3) is 0 Å². The molecule has 0 radical (unpaired) electrons. The van der Waals surface area contributed by atoms with Crippen LogP contribution in [0, 0.1) is 11.3 Å². The second-order valence-electron chi connectivity index (χ2n) is 5.10. The van der Waals surface area contributed by atoms with Gasteiger partial charge in [-0.05, 0) is 24.1 Å². The molecule has 2 nitrogen and oxygen atoms in total. The van der Waals surface area contributed by atoms with Crippen LogP contribution < -0.4 is 0 Å². The smallest absolute Gasteiger partial charge is 0.154 e. The van der Waals surface area contributed by atoms with Crippen molar-refractivity contribution in [2.24, 2.45) is 0 Å². The van der Waals surface area contributed by atoms with Crippen LogP contribution in [-0.4, -0.2) is 5.78 Å². The van der Waals surface area contributed by atoms with Crippen molar-refractivity contribution in [2.45, 2.75) is 57.8 Å². The van der Waals surface area contributed by atoms with E-state index in [1.165, 1.54) is 25.7 Å². The minimum atomic E-state index is -0.650. The summed E-state index contributed by atoms with van der Waals surface area (Å²) in [6.07, 6.45) is 7.36. The van der Waals surface area contributed by atoms with E-state index in [2.05, 4.69) is 13.0 Å². The number of nitriles is 1. The summed E-state index contributed by atoms with van der Waals surface area (Å²) >= 11 is 5.82. The lowest BCUT2D eigenvalue weighted by molar-refractivity contribution is -0.119. The molecule has 0 heterocycles. The molecule has 0 N–H and O–H groups in total. The molecule has 1 aromatic rings. The normalized spacial score (nSPS) is 11.8. The van der Waals surface area contributed by atoms with Gasteiger partial charge < -0.3 is 0 Å². The van der Waals surface area contributed by atoms with Gasteiger partial charge in [-0.3, -0.25) is 4.79 Å². The monoisotopic (exact) mass is 291 g/mol. The Labute approximate surface area is 126 Å². The molecule has 0 spiro atoms. The van der Waals surface area contributed by atoms with E-state index in [1.54, 1.807) is 24.3 Å². The van der Waals surface area contributed by atoms with Crippen molar-refractivity contribution in [2.75, 3.05) is 0 Å². The molecule has 0 aliphatic rings. The Kier molecular flexibility index (Phi) is 7.99. The predicted molar refractivity (Wildman–Crippen MR) is 82.8 cm³/mol. The van der Waals surface area contributed by atoms with E-state index in [0.29, 0.717) is 11.4 Å². The number of rotatable bonds is 9. The molecule has 0 fully saturated rings. The fourth-order valence-electron chi connectivity index (χ4n) is 2.21. The average Bonchev–Trinajstić information content (AvgIpc) is 2.45. The summed E-state index contributed by atoms with van der Waals surface area (Å²) in [6, 6.07) is 9.07. The molecule has 0 bridgehead atoms. The van der Waals surface area contributed by atoms with E-state index in [0.717, 1.165) is 18.4 Å². The van der Waals surface area contributed by atoms with Gasteiger partial charge in [0, 0.05) is 11.4 Å². The Balaban J connectivity index is 2.40. The van der Waals surface area contributed by atoms with E-state index in [4.69, 9.17) is 11.6 Å². The van der Waals surface area contributed by atoms with Crippen LogP contribution in [-0.2, 0) is 4.79 Å². The first kappa shape index (κ1) is 16.7. The second kappa shape index (κ2) is 9.55. The molecule has 1 atom stereocenters. The highest BCUT2D eigenvalue weighted by atomic mass is 35.5. The van der Waals surface area contributed by atoms with Crippen LogP contribution in [0.3, 0.4) is 0 Å². The molecule has 108 valence electrons. The molecule has 0 aliphatic heterocycles. The van der Waals surface area contributed by atoms with Gasteiger partial charge in [-0.15, -0.1) is 0 Å². The number of carbonyl (C=O) groups excluding carboxylic acids is 1. The van der Waals surface area contributed by atoms with Crippen molar-refractivity contribution in [3.63, 3.8) is 0 Å². The predicted octanol–water partition coefficient (Wildman–Crippen LogP) is 5.27. The van der Waals surface area contributed by atoms with Crippen molar-refractivity contribution in [3.8, 4) is 6.07 Å². The Bertz CT molecular complexity index is 447. The highest BCUT2D eigenvalue weighted by molar-refractivity contribution is 6.30. The number of ketones is 1. The molecule has 0 aliphatic carbocycles. The number of Topliss-reactive ketones (excluding diaryl/α,β-unsaturated/α-hetero) is 1. The summed E-state index contributed by atoms with van der Waals surface area (Å²) in [6.45, 7) is 2.19. The summed E-state index contributed by atoms with van der Waals surface area (Å²) < 4.78 is 0. The van der Waals surface area contributed by atoms with Crippen molar-refractivity contribution < 1.29 is 4.79 Å². The molecular formula is C17H22ClNO. The Morgan fingerprint density at radius 3 is 2.35 bits per heavy atom. The zero-order chi connectivity index (χ0) is 14.8. The molecular weight excluding hydrogens is 270 g/mol. The zero-order valence-electron chi connectivity index (χ0n) is 12.1. The maximum absolute atomic E-state index is 12.1. The summed E-state index contributed by atoms with van der Waals surface area (Å²) in [5.41, 5.74) is 0.743. The van der Waals surface area contributed by atoms with Crippen molar-refractivity contribution in [3.05, 3.63) is 34.9 Å². The fraction of sp³-hybridized carbons (Fsp3) is 0.529. The number of benzene rings is 1. The first-order chi connectivity index (χ1) is 9.69. The van der Waals surface area contributed by atoms with Crippen LogP contribution in [0.15, 0.2) is 24.3 Å². The zero-order valence-corrected chi connectivity index (χ0v) is 12.8. The topological polar surface area (TPSA) is 40.9 Å². The maximum Gasteiger partial charge on any atom is 0.154 e. The molecule has 1 rings (SSSR count). The highest BCUT2D eigenvalue weighted by Gasteiger charge is 2.19. The quantitative estimate of drug-likeness (QED) is 0.582. The summed E-state index contributed by atoms with van der Waals surface area (Å²) in [4.78, 5) is 12.1. The lowest BCUT2D eigenvalue weighted by Crippen LogP contribution is -2.10. The maximum atomic E-state index is 12.1. The van der Waals surface area contributed by atoms with Crippen LogP contribution in [0.2, 0.25) is 5.02 Å². The van der Waals surface area contributed by atoms with Crippen LogP contribution in [0.5, 0.6) is 0 Å². The number of unbranched alkanes of at least 4 members (excludes halogenated alkanes) is 5. The Morgan fingerprint density at radius 2 is 1.75 bits per heavy atom. The van der Waals surface area contributed by atoms with Gasteiger partial charge in [0.05, 0.1) is 6.07 Å². The van der Waals surface area contributed by atoms with Crippen LogP contribution >= 0.6 is 11.6 Å². The van der Waals surface area contributed by atoms with E-state index in [1.807, 2.05) is 0 Å². The van der Waals surface area contributed by atoms with Gasteiger partial charge in [-0.2, -0.15) is 5.26 Å². The molecule has 0 saturated heterocycles. The largest absolute Gasteiger partial charge is 0.298 e. The van der Waals surface area contributed by atoms with Gasteiger partial charge in [-0.25, -0.2) is 0 Å². The van der Waals surface area contributed by atoms with Gasteiger partial charge in [0.1, 0.15) is 5.92 Å². The highest BCUT2D eigenvalue weighted by Crippen LogP contribution is 2.21. The lowest BCUT2D eigenvalue weighted by atomic mass is 9.93.